The minimum absolute atomic E-state index is 0.0236. The van der Waals surface area contributed by atoms with Crippen LogP contribution in [0.1, 0.15) is 25.3 Å². The van der Waals surface area contributed by atoms with E-state index in [4.69, 9.17) is 4.74 Å². The minimum atomic E-state index is -0.367. The first-order chi connectivity index (χ1) is 12.6. The van der Waals surface area contributed by atoms with Gasteiger partial charge in [-0.1, -0.05) is 18.2 Å². The number of carbonyl (C=O) groups is 2. The molecule has 2 amide bonds. The Bertz CT molecular complexity index is 776. The molecule has 0 radical (unpaired) electrons. The Kier molecular flexibility index (Phi) is 7.17. The smallest absolute Gasteiger partial charge is 0.240 e. The highest BCUT2D eigenvalue weighted by molar-refractivity contribution is 5.93. The molecule has 7 heteroatoms. The van der Waals surface area contributed by atoms with E-state index in [1.165, 1.54) is 12.3 Å². The fourth-order valence-corrected chi connectivity index (χ4v) is 2.09. The molecular weight excluding hydrogens is 334 g/mol. The number of hydrazone groups is 1. The van der Waals surface area contributed by atoms with E-state index in [9.17, 15) is 14.7 Å². The lowest BCUT2D eigenvalue weighted by molar-refractivity contribution is -0.124. The lowest BCUT2D eigenvalue weighted by Gasteiger charge is -2.06. The number of amides is 2. The summed E-state index contributed by atoms with van der Waals surface area (Å²) in [6.07, 6.45) is 1.52. The number of anilines is 1. The first-order valence-electron chi connectivity index (χ1n) is 8.21. The van der Waals surface area contributed by atoms with Gasteiger partial charge in [0.1, 0.15) is 0 Å². The van der Waals surface area contributed by atoms with Gasteiger partial charge in [0.2, 0.25) is 11.8 Å². The number of nitrogens with one attached hydrogen (secondary N) is 2. The van der Waals surface area contributed by atoms with Gasteiger partial charge < -0.3 is 15.2 Å². The zero-order valence-corrected chi connectivity index (χ0v) is 14.4. The van der Waals surface area contributed by atoms with Crippen LogP contribution < -0.4 is 15.5 Å². The highest BCUT2D eigenvalue weighted by atomic mass is 16.5. The average Bonchev–Trinajstić information content (AvgIpc) is 2.64. The maximum atomic E-state index is 11.8. The molecule has 0 atom stereocenters. The number of phenols is 1. The summed E-state index contributed by atoms with van der Waals surface area (Å²) >= 11 is 0. The first-order valence-corrected chi connectivity index (χ1v) is 8.21. The van der Waals surface area contributed by atoms with E-state index in [1.807, 2.05) is 25.1 Å². The molecule has 2 aromatic carbocycles. The number of para-hydroxylation sites is 1. The van der Waals surface area contributed by atoms with Crippen LogP contribution in [0.4, 0.5) is 5.69 Å². The quantitative estimate of drug-likeness (QED) is 0.501. The lowest BCUT2D eigenvalue weighted by Crippen LogP contribution is -2.20. The second-order valence-electron chi connectivity index (χ2n) is 5.37. The van der Waals surface area contributed by atoms with Crippen LogP contribution in [0.3, 0.4) is 0 Å². The van der Waals surface area contributed by atoms with Crippen LogP contribution >= 0.6 is 0 Å². The molecule has 0 saturated heterocycles. The molecule has 0 aromatic heterocycles. The topological polar surface area (TPSA) is 100 Å². The van der Waals surface area contributed by atoms with Gasteiger partial charge in [-0.15, -0.1) is 0 Å². The van der Waals surface area contributed by atoms with Crippen molar-refractivity contribution in [2.24, 2.45) is 5.10 Å². The van der Waals surface area contributed by atoms with Gasteiger partial charge >= 0.3 is 0 Å². The summed E-state index contributed by atoms with van der Waals surface area (Å²) in [5.74, 6) is -0.221. The highest BCUT2D eigenvalue weighted by Crippen LogP contribution is 2.26. The Balaban J connectivity index is 1.77. The number of carbonyl (C=O) groups excluding carboxylic acids is 2. The van der Waals surface area contributed by atoms with Gasteiger partial charge in [0, 0.05) is 18.5 Å². The van der Waals surface area contributed by atoms with E-state index in [1.54, 1.807) is 24.3 Å². The van der Waals surface area contributed by atoms with Gasteiger partial charge in [-0.2, -0.15) is 5.10 Å². The van der Waals surface area contributed by atoms with Crippen LogP contribution in [0.25, 0.3) is 0 Å². The highest BCUT2D eigenvalue weighted by Gasteiger charge is 2.07. The molecule has 0 spiro atoms. The van der Waals surface area contributed by atoms with Gasteiger partial charge in [0.05, 0.1) is 12.8 Å². The van der Waals surface area contributed by atoms with E-state index in [0.29, 0.717) is 23.6 Å². The molecule has 0 aliphatic rings. The van der Waals surface area contributed by atoms with Crippen LogP contribution in [-0.2, 0) is 9.59 Å². The van der Waals surface area contributed by atoms with Crippen molar-refractivity contribution < 1.29 is 19.4 Å². The Morgan fingerprint density at radius 2 is 1.85 bits per heavy atom. The molecule has 2 rings (SSSR count). The summed E-state index contributed by atoms with van der Waals surface area (Å²) in [4.78, 5) is 23.5. The van der Waals surface area contributed by atoms with Crippen molar-refractivity contribution >= 4 is 23.7 Å². The van der Waals surface area contributed by atoms with Crippen LogP contribution in [0.2, 0.25) is 0 Å². The van der Waals surface area contributed by atoms with Crippen molar-refractivity contribution in [3.63, 3.8) is 0 Å². The number of rotatable bonds is 8. The van der Waals surface area contributed by atoms with Crippen molar-refractivity contribution in [3.05, 3.63) is 54.1 Å². The average molecular weight is 355 g/mol. The molecule has 136 valence electrons. The monoisotopic (exact) mass is 355 g/mol. The number of aromatic hydroxyl groups is 1. The van der Waals surface area contributed by atoms with E-state index < -0.39 is 0 Å². The molecule has 3 N–H and O–H groups in total. The molecule has 2 aromatic rings. The summed E-state index contributed by atoms with van der Waals surface area (Å²) in [5.41, 5.74) is 3.71. The molecular formula is C19H21N3O4. The Morgan fingerprint density at radius 1 is 1.12 bits per heavy atom. The Hall–Kier alpha value is -3.35. The largest absolute Gasteiger partial charge is 0.504 e. The fourth-order valence-electron chi connectivity index (χ4n) is 2.09. The second kappa shape index (κ2) is 9.83. The third kappa shape index (κ3) is 6.27. The van der Waals surface area contributed by atoms with Gasteiger partial charge in [-0.25, -0.2) is 5.43 Å². The molecule has 0 heterocycles. The van der Waals surface area contributed by atoms with E-state index >= 15 is 0 Å². The van der Waals surface area contributed by atoms with Crippen molar-refractivity contribution in [1.29, 1.82) is 0 Å². The van der Waals surface area contributed by atoms with Crippen LogP contribution in [-0.4, -0.2) is 29.7 Å². The minimum Gasteiger partial charge on any atom is -0.504 e. The number of benzene rings is 2. The number of hydrogen-bond acceptors (Lipinski definition) is 5. The molecule has 0 fully saturated rings. The summed E-state index contributed by atoms with van der Waals surface area (Å²) in [6.45, 7) is 2.24. The standard InChI is InChI=1S/C19H21N3O4/c1-2-26-17-12-14(8-9-16(17)23)13-20-22-19(25)11-10-18(24)21-15-6-4-3-5-7-15/h3-9,12-13,23H,2,10-11H2,1H3,(H,21,24)(H,22,25). The predicted octanol–water partition coefficient (Wildman–Crippen LogP) is 2.66. The zero-order chi connectivity index (χ0) is 18.8. The van der Waals surface area contributed by atoms with Crippen molar-refractivity contribution in [1.82, 2.24) is 5.43 Å². The third-order valence-corrected chi connectivity index (χ3v) is 3.32. The first kappa shape index (κ1) is 19.0. The maximum Gasteiger partial charge on any atom is 0.240 e. The van der Waals surface area contributed by atoms with E-state index in [2.05, 4.69) is 15.8 Å². The lowest BCUT2D eigenvalue weighted by atomic mass is 10.2. The van der Waals surface area contributed by atoms with E-state index in [0.717, 1.165) is 0 Å². The van der Waals surface area contributed by atoms with Crippen molar-refractivity contribution in [2.75, 3.05) is 11.9 Å². The Labute approximate surface area is 151 Å². The van der Waals surface area contributed by atoms with Crippen LogP contribution in [0.5, 0.6) is 11.5 Å². The molecule has 0 unspecified atom stereocenters. The van der Waals surface area contributed by atoms with Crippen molar-refractivity contribution in [2.45, 2.75) is 19.8 Å². The molecule has 0 aliphatic heterocycles. The molecule has 0 bridgehead atoms. The second-order valence-corrected chi connectivity index (χ2v) is 5.37. The van der Waals surface area contributed by atoms with Gasteiger partial charge in [0.15, 0.2) is 11.5 Å². The summed E-state index contributed by atoms with van der Waals surface area (Å²) in [6, 6.07) is 13.8. The molecule has 26 heavy (non-hydrogen) atoms. The number of nitrogens with zero attached hydrogens (tertiary/aromatic N) is 1. The van der Waals surface area contributed by atoms with Gasteiger partial charge in [-0.05, 0) is 42.8 Å². The van der Waals surface area contributed by atoms with Gasteiger partial charge in [0.25, 0.3) is 0 Å². The number of hydrogen-bond donors (Lipinski definition) is 3. The van der Waals surface area contributed by atoms with Crippen molar-refractivity contribution in [3.8, 4) is 11.5 Å². The summed E-state index contributed by atoms with van der Waals surface area (Å²) in [7, 11) is 0. The van der Waals surface area contributed by atoms with E-state index in [-0.39, 0.29) is 30.4 Å². The summed E-state index contributed by atoms with van der Waals surface area (Å²) < 4.78 is 5.28. The fraction of sp³-hybridized carbons (Fsp3) is 0.211. The molecule has 7 nitrogen and oxygen atoms in total. The normalized spacial score (nSPS) is 10.5. The molecule has 0 saturated carbocycles. The third-order valence-electron chi connectivity index (χ3n) is 3.32. The Morgan fingerprint density at radius 3 is 2.58 bits per heavy atom. The molecule has 0 aliphatic carbocycles. The van der Waals surface area contributed by atoms with Crippen LogP contribution in [0.15, 0.2) is 53.6 Å². The zero-order valence-electron chi connectivity index (χ0n) is 14.4. The predicted molar refractivity (Wildman–Crippen MR) is 99.3 cm³/mol. The van der Waals surface area contributed by atoms with Gasteiger partial charge in [-0.3, -0.25) is 9.59 Å². The van der Waals surface area contributed by atoms with Crippen LogP contribution in [0, 0.1) is 0 Å². The number of ether oxygens (including phenoxy) is 1. The SMILES string of the molecule is CCOc1cc(C=NNC(=O)CCC(=O)Nc2ccccc2)ccc1O. The maximum absolute atomic E-state index is 11.8. The number of phenolic OH excluding ortho intramolecular Hbond substituents is 1. The summed E-state index contributed by atoms with van der Waals surface area (Å²) in [5, 5.41) is 16.2.